The van der Waals surface area contributed by atoms with Crippen LogP contribution in [0.2, 0.25) is 0 Å². The maximum absolute atomic E-state index is 12.4. The summed E-state index contributed by atoms with van der Waals surface area (Å²) in [7, 11) is 1.50. The van der Waals surface area contributed by atoms with Crippen molar-refractivity contribution in [1.29, 1.82) is 5.26 Å². The molecule has 0 fully saturated rings. The first-order valence-corrected chi connectivity index (χ1v) is 9.26. The third-order valence-corrected chi connectivity index (χ3v) is 4.21. The number of benzene rings is 2. The van der Waals surface area contributed by atoms with Crippen LogP contribution in [0.1, 0.15) is 15.9 Å². The molecule has 1 heterocycles. The number of carbonyl (C=O) groups is 2. The molecule has 0 spiro atoms. The lowest BCUT2D eigenvalue weighted by Crippen LogP contribution is -2.30. The van der Waals surface area contributed by atoms with E-state index in [2.05, 4.69) is 5.32 Å². The van der Waals surface area contributed by atoms with Crippen LogP contribution >= 0.6 is 0 Å². The van der Waals surface area contributed by atoms with E-state index >= 15 is 0 Å². The zero-order chi connectivity index (χ0) is 22.2. The molecule has 2 aromatic carbocycles. The molecule has 8 heteroatoms. The van der Waals surface area contributed by atoms with E-state index in [4.69, 9.17) is 13.9 Å². The van der Waals surface area contributed by atoms with Gasteiger partial charge in [-0.3, -0.25) is 4.79 Å². The molecule has 1 amide bonds. The Morgan fingerprint density at radius 2 is 1.94 bits per heavy atom. The van der Waals surface area contributed by atoms with E-state index in [9.17, 15) is 19.6 Å². The Kier molecular flexibility index (Phi) is 6.93. The first-order chi connectivity index (χ1) is 15.0. The lowest BCUT2D eigenvalue weighted by Gasteiger charge is -2.06. The topological polar surface area (TPSA) is 119 Å². The Bertz CT molecular complexity index is 1240. The number of carbonyl (C=O) groups excluding carboxylic acids is 2. The SMILES string of the molecule is COCCNC(=O)c1cc2ccc(OC(=O)/C(C#N)=C/c3ccccc3)cc2oc1=O. The Morgan fingerprint density at radius 3 is 2.65 bits per heavy atom. The van der Waals surface area contributed by atoms with Crippen molar-refractivity contribution in [1.82, 2.24) is 5.32 Å². The molecule has 0 saturated carbocycles. The minimum atomic E-state index is -0.845. The van der Waals surface area contributed by atoms with Crippen LogP contribution in [0.25, 0.3) is 17.0 Å². The molecule has 0 aliphatic rings. The highest BCUT2D eigenvalue weighted by atomic mass is 16.5. The van der Waals surface area contributed by atoms with E-state index in [0.29, 0.717) is 17.6 Å². The van der Waals surface area contributed by atoms with Crippen LogP contribution in [0, 0.1) is 11.3 Å². The third kappa shape index (κ3) is 5.44. The number of hydrogen-bond donors (Lipinski definition) is 1. The minimum absolute atomic E-state index is 0.0900. The number of amides is 1. The molecule has 1 aromatic heterocycles. The van der Waals surface area contributed by atoms with Crippen molar-refractivity contribution in [2.24, 2.45) is 0 Å². The second-order valence-corrected chi connectivity index (χ2v) is 6.37. The van der Waals surface area contributed by atoms with Crippen molar-refractivity contribution in [2.75, 3.05) is 20.3 Å². The van der Waals surface area contributed by atoms with Gasteiger partial charge in [0.2, 0.25) is 0 Å². The number of methoxy groups -OCH3 is 1. The quantitative estimate of drug-likeness (QED) is 0.156. The van der Waals surface area contributed by atoms with E-state index in [1.165, 1.54) is 31.4 Å². The number of nitrogens with one attached hydrogen (secondary N) is 1. The monoisotopic (exact) mass is 418 g/mol. The van der Waals surface area contributed by atoms with Gasteiger partial charge in [0.25, 0.3) is 5.91 Å². The standard InChI is InChI=1S/C23H18N2O6/c1-29-10-9-25-21(26)19-12-16-7-8-18(13-20(16)31-23(19)28)30-22(27)17(14-24)11-15-5-3-2-4-6-15/h2-8,11-13H,9-10H2,1H3,(H,25,26)/b17-11+. The number of nitriles is 1. The van der Waals surface area contributed by atoms with Gasteiger partial charge in [-0.15, -0.1) is 0 Å². The Morgan fingerprint density at radius 1 is 1.16 bits per heavy atom. The molecular weight excluding hydrogens is 400 g/mol. The van der Waals surface area contributed by atoms with Crippen molar-refractivity contribution in [2.45, 2.75) is 0 Å². The fraction of sp³-hybridized carbons (Fsp3) is 0.130. The fourth-order valence-corrected chi connectivity index (χ4v) is 2.69. The van der Waals surface area contributed by atoms with E-state index in [0.717, 1.165) is 0 Å². The van der Waals surface area contributed by atoms with Crippen molar-refractivity contribution < 1.29 is 23.5 Å². The molecule has 0 radical (unpaired) electrons. The van der Waals surface area contributed by atoms with Gasteiger partial charge in [-0.25, -0.2) is 9.59 Å². The lowest BCUT2D eigenvalue weighted by atomic mass is 10.1. The molecule has 3 aromatic rings. The summed E-state index contributed by atoms with van der Waals surface area (Å²) in [4.78, 5) is 36.7. The van der Waals surface area contributed by atoms with E-state index in [-0.39, 0.29) is 29.0 Å². The maximum Gasteiger partial charge on any atom is 0.354 e. The predicted octanol–water partition coefficient (Wildman–Crippen LogP) is 2.68. The first-order valence-electron chi connectivity index (χ1n) is 9.26. The Hall–Kier alpha value is -4.22. The van der Waals surface area contributed by atoms with Crippen LogP contribution in [0.15, 0.2) is 69.4 Å². The van der Waals surface area contributed by atoms with Crippen LogP contribution in [0.4, 0.5) is 0 Å². The zero-order valence-electron chi connectivity index (χ0n) is 16.6. The highest BCUT2D eigenvalue weighted by molar-refractivity contribution is 5.99. The van der Waals surface area contributed by atoms with Gasteiger partial charge in [-0.2, -0.15) is 5.26 Å². The van der Waals surface area contributed by atoms with Gasteiger partial charge in [0.05, 0.1) is 6.61 Å². The van der Waals surface area contributed by atoms with Gasteiger partial charge in [0, 0.05) is 25.1 Å². The number of fused-ring (bicyclic) bond motifs is 1. The fourth-order valence-electron chi connectivity index (χ4n) is 2.69. The highest BCUT2D eigenvalue weighted by Gasteiger charge is 2.16. The molecule has 31 heavy (non-hydrogen) atoms. The number of nitrogens with zero attached hydrogens (tertiary/aromatic N) is 1. The number of hydrogen-bond acceptors (Lipinski definition) is 7. The zero-order valence-corrected chi connectivity index (χ0v) is 16.6. The molecule has 0 aliphatic carbocycles. The molecule has 0 aliphatic heterocycles. The average molecular weight is 418 g/mol. The highest BCUT2D eigenvalue weighted by Crippen LogP contribution is 2.21. The summed E-state index contributed by atoms with van der Waals surface area (Å²) in [6, 6.07) is 16.5. The number of esters is 1. The molecular formula is C23H18N2O6. The van der Waals surface area contributed by atoms with Gasteiger partial charge >= 0.3 is 11.6 Å². The number of rotatable bonds is 7. The third-order valence-electron chi connectivity index (χ3n) is 4.21. The summed E-state index contributed by atoms with van der Waals surface area (Å²) in [6.45, 7) is 0.558. The summed E-state index contributed by atoms with van der Waals surface area (Å²) < 4.78 is 15.3. The molecule has 0 unspecified atom stereocenters. The van der Waals surface area contributed by atoms with E-state index in [1.807, 2.05) is 12.1 Å². The van der Waals surface area contributed by atoms with Crippen LogP contribution in [-0.2, 0) is 9.53 Å². The van der Waals surface area contributed by atoms with Gasteiger partial charge in [-0.05, 0) is 29.8 Å². The van der Waals surface area contributed by atoms with Crippen molar-refractivity contribution >= 4 is 28.9 Å². The molecule has 0 bridgehead atoms. The molecule has 3 rings (SSSR count). The minimum Gasteiger partial charge on any atom is -0.422 e. The Balaban J connectivity index is 1.81. The summed E-state index contributed by atoms with van der Waals surface area (Å²) in [6.07, 6.45) is 1.41. The summed E-state index contributed by atoms with van der Waals surface area (Å²) in [5.74, 6) is -1.33. The van der Waals surface area contributed by atoms with Crippen LogP contribution in [0.3, 0.4) is 0 Å². The molecule has 0 saturated heterocycles. The van der Waals surface area contributed by atoms with E-state index in [1.54, 1.807) is 30.3 Å². The second kappa shape index (κ2) is 10.0. The van der Waals surface area contributed by atoms with Crippen molar-refractivity contribution in [3.8, 4) is 11.8 Å². The summed E-state index contributed by atoms with van der Waals surface area (Å²) in [5.41, 5.74) is -0.347. The Labute approximate surface area is 177 Å². The predicted molar refractivity (Wildman–Crippen MR) is 112 cm³/mol. The normalized spacial score (nSPS) is 11.0. The largest absolute Gasteiger partial charge is 0.422 e. The molecule has 0 atom stereocenters. The van der Waals surface area contributed by atoms with Crippen molar-refractivity contribution in [3.05, 3.63) is 81.7 Å². The van der Waals surface area contributed by atoms with Crippen LogP contribution in [-0.4, -0.2) is 32.1 Å². The maximum atomic E-state index is 12.4. The van der Waals surface area contributed by atoms with Crippen molar-refractivity contribution in [3.63, 3.8) is 0 Å². The summed E-state index contributed by atoms with van der Waals surface area (Å²) in [5, 5.41) is 12.3. The van der Waals surface area contributed by atoms with E-state index < -0.39 is 17.5 Å². The molecule has 1 N–H and O–H groups in total. The van der Waals surface area contributed by atoms with Gasteiger partial charge in [0.1, 0.15) is 28.5 Å². The lowest BCUT2D eigenvalue weighted by molar-refractivity contribution is -0.129. The molecule has 8 nitrogen and oxygen atoms in total. The van der Waals surface area contributed by atoms with Gasteiger partial charge < -0.3 is 19.2 Å². The van der Waals surface area contributed by atoms with Gasteiger partial charge in [-0.1, -0.05) is 30.3 Å². The first kappa shape index (κ1) is 21.5. The number of ether oxygens (including phenoxy) is 2. The van der Waals surface area contributed by atoms with Crippen LogP contribution in [0.5, 0.6) is 5.75 Å². The average Bonchev–Trinajstić information content (AvgIpc) is 2.77. The van der Waals surface area contributed by atoms with Gasteiger partial charge in [0.15, 0.2) is 0 Å². The summed E-state index contributed by atoms with van der Waals surface area (Å²) >= 11 is 0. The molecule has 156 valence electrons. The van der Waals surface area contributed by atoms with Crippen LogP contribution < -0.4 is 15.7 Å². The smallest absolute Gasteiger partial charge is 0.354 e. The second-order valence-electron chi connectivity index (χ2n) is 6.37.